The van der Waals surface area contributed by atoms with Crippen molar-refractivity contribution in [3.05, 3.63) is 73.4 Å². The molecule has 2 aromatic carbocycles. The van der Waals surface area contributed by atoms with E-state index < -0.39 is 4.92 Å². The van der Waals surface area contributed by atoms with Crippen LogP contribution < -0.4 is 10.2 Å². The Labute approximate surface area is 164 Å². The zero-order valence-corrected chi connectivity index (χ0v) is 15.7. The van der Waals surface area contributed by atoms with Crippen LogP contribution in [0, 0.1) is 17.0 Å². The molecule has 0 aliphatic carbocycles. The molecule has 0 spiro atoms. The van der Waals surface area contributed by atoms with E-state index in [4.69, 9.17) is 35.4 Å². The fourth-order valence-electron chi connectivity index (χ4n) is 2.55. The lowest BCUT2D eigenvalue weighted by Crippen LogP contribution is -2.30. The molecule has 0 bridgehead atoms. The molecule has 1 aliphatic heterocycles. The molecule has 132 valence electrons. The Morgan fingerprint density at radius 2 is 1.96 bits per heavy atom. The molecular weight excluding hydrogens is 397 g/mol. The summed E-state index contributed by atoms with van der Waals surface area (Å²) in [5.74, 6) is -0.363. The number of carbonyl (C=O) groups excluding carboxylic acids is 1. The van der Waals surface area contributed by atoms with Crippen LogP contribution in [0.3, 0.4) is 0 Å². The molecule has 0 aromatic heterocycles. The first-order chi connectivity index (χ1) is 12.3. The summed E-state index contributed by atoms with van der Waals surface area (Å²) in [7, 11) is 0. The highest BCUT2D eigenvalue weighted by molar-refractivity contribution is 7.80. The van der Waals surface area contributed by atoms with Crippen molar-refractivity contribution in [3.8, 4) is 0 Å². The first-order valence-electron chi connectivity index (χ1n) is 7.35. The third kappa shape index (κ3) is 3.41. The fraction of sp³-hybridized carbons (Fsp3) is 0.0588. The van der Waals surface area contributed by atoms with E-state index in [-0.39, 0.29) is 27.4 Å². The van der Waals surface area contributed by atoms with Gasteiger partial charge in [0.15, 0.2) is 5.11 Å². The number of benzene rings is 2. The van der Waals surface area contributed by atoms with Crippen LogP contribution >= 0.6 is 35.4 Å². The zero-order chi connectivity index (χ0) is 19.0. The third-order valence-corrected chi connectivity index (χ3v) is 4.60. The number of nitro groups is 1. The molecule has 0 atom stereocenters. The molecule has 2 aromatic rings. The van der Waals surface area contributed by atoms with Gasteiger partial charge in [0.25, 0.3) is 11.6 Å². The van der Waals surface area contributed by atoms with E-state index in [1.807, 2.05) is 6.92 Å². The number of rotatable bonds is 3. The highest BCUT2D eigenvalue weighted by Crippen LogP contribution is 2.29. The minimum Gasteiger partial charge on any atom is -0.327 e. The predicted molar refractivity (Wildman–Crippen MR) is 105 cm³/mol. The van der Waals surface area contributed by atoms with Gasteiger partial charge < -0.3 is 5.32 Å². The standard InChI is InChI=1S/C17H11Cl2N3O3S/c1-9-6-11(18)3-5-14(9)21-16(23)13(20-17(21)26)7-10-2-4-12(19)15(8-10)22(24)25/h2-8H,1H3,(H,20,26)/b13-7+. The summed E-state index contributed by atoms with van der Waals surface area (Å²) >= 11 is 17.0. The molecule has 1 fully saturated rings. The van der Waals surface area contributed by atoms with Gasteiger partial charge in [-0.2, -0.15) is 0 Å². The molecule has 0 radical (unpaired) electrons. The summed E-state index contributed by atoms with van der Waals surface area (Å²) in [6.07, 6.45) is 1.49. The number of hydrogen-bond donors (Lipinski definition) is 1. The van der Waals surface area contributed by atoms with Gasteiger partial charge in [0, 0.05) is 11.1 Å². The summed E-state index contributed by atoms with van der Waals surface area (Å²) in [4.78, 5) is 24.5. The Bertz CT molecular complexity index is 991. The van der Waals surface area contributed by atoms with Crippen LogP contribution in [0.1, 0.15) is 11.1 Å². The van der Waals surface area contributed by atoms with E-state index in [1.165, 1.54) is 23.1 Å². The normalized spacial score (nSPS) is 15.5. The first kappa shape index (κ1) is 18.3. The van der Waals surface area contributed by atoms with Crippen LogP contribution in [-0.2, 0) is 4.79 Å². The van der Waals surface area contributed by atoms with Gasteiger partial charge in [-0.25, -0.2) is 0 Å². The van der Waals surface area contributed by atoms with Gasteiger partial charge in [-0.3, -0.25) is 19.8 Å². The first-order valence-corrected chi connectivity index (χ1v) is 8.51. The number of amides is 1. The van der Waals surface area contributed by atoms with Crippen LogP contribution in [0.4, 0.5) is 11.4 Å². The molecule has 1 amide bonds. The number of nitrogens with one attached hydrogen (secondary N) is 1. The Morgan fingerprint density at radius 1 is 1.23 bits per heavy atom. The fourth-order valence-corrected chi connectivity index (χ4v) is 3.25. The van der Waals surface area contributed by atoms with Gasteiger partial charge >= 0.3 is 0 Å². The van der Waals surface area contributed by atoms with Crippen LogP contribution in [-0.4, -0.2) is 15.9 Å². The number of thiocarbonyl (C=S) groups is 1. The summed E-state index contributed by atoms with van der Waals surface area (Å²) in [5, 5.41) is 14.6. The average molecular weight is 408 g/mol. The van der Waals surface area contributed by atoms with Crippen LogP contribution in [0.25, 0.3) is 6.08 Å². The van der Waals surface area contributed by atoms with Crippen molar-refractivity contribution in [2.24, 2.45) is 0 Å². The lowest BCUT2D eigenvalue weighted by atomic mass is 10.1. The van der Waals surface area contributed by atoms with E-state index in [0.717, 1.165) is 5.56 Å². The van der Waals surface area contributed by atoms with E-state index >= 15 is 0 Å². The second-order valence-corrected chi connectivity index (χ2v) is 6.76. The molecule has 1 saturated heterocycles. The van der Waals surface area contributed by atoms with Gasteiger partial charge in [0.05, 0.1) is 10.6 Å². The molecule has 26 heavy (non-hydrogen) atoms. The van der Waals surface area contributed by atoms with Gasteiger partial charge in [-0.15, -0.1) is 0 Å². The van der Waals surface area contributed by atoms with E-state index in [0.29, 0.717) is 16.3 Å². The Balaban J connectivity index is 1.97. The maximum absolute atomic E-state index is 12.8. The Hall–Kier alpha value is -2.48. The number of nitro benzene ring substituents is 1. The number of halogens is 2. The molecule has 1 N–H and O–H groups in total. The van der Waals surface area contributed by atoms with Crippen molar-refractivity contribution >= 4 is 63.9 Å². The van der Waals surface area contributed by atoms with Crippen molar-refractivity contribution in [2.45, 2.75) is 6.92 Å². The number of hydrogen-bond acceptors (Lipinski definition) is 4. The lowest BCUT2D eigenvalue weighted by Gasteiger charge is -2.16. The molecule has 0 unspecified atom stereocenters. The summed E-state index contributed by atoms with van der Waals surface area (Å²) in [5.41, 5.74) is 1.83. The van der Waals surface area contributed by atoms with Gasteiger partial charge in [-0.05, 0) is 60.6 Å². The molecule has 1 heterocycles. The summed E-state index contributed by atoms with van der Waals surface area (Å²) in [6, 6.07) is 9.39. The van der Waals surface area contributed by atoms with Gasteiger partial charge in [-0.1, -0.05) is 29.3 Å². The van der Waals surface area contributed by atoms with E-state index in [9.17, 15) is 14.9 Å². The van der Waals surface area contributed by atoms with Crippen molar-refractivity contribution in [1.29, 1.82) is 0 Å². The Morgan fingerprint density at radius 3 is 2.62 bits per heavy atom. The average Bonchev–Trinajstić information content (AvgIpc) is 2.83. The molecular formula is C17H11Cl2N3O3S. The topological polar surface area (TPSA) is 75.5 Å². The van der Waals surface area contributed by atoms with Crippen molar-refractivity contribution in [2.75, 3.05) is 4.90 Å². The van der Waals surface area contributed by atoms with Crippen molar-refractivity contribution in [3.63, 3.8) is 0 Å². The molecule has 1 aliphatic rings. The SMILES string of the molecule is Cc1cc(Cl)ccc1N1C(=O)/C(=C\c2ccc(Cl)c([N+](=O)[O-])c2)NC1=S. The van der Waals surface area contributed by atoms with Crippen LogP contribution in [0.15, 0.2) is 42.1 Å². The molecule has 3 rings (SSSR count). The predicted octanol–water partition coefficient (Wildman–Crippen LogP) is 4.47. The maximum atomic E-state index is 12.8. The zero-order valence-electron chi connectivity index (χ0n) is 13.3. The highest BCUT2D eigenvalue weighted by atomic mass is 35.5. The maximum Gasteiger partial charge on any atom is 0.288 e. The van der Waals surface area contributed by atoms with E-state index in [1.54, 1.807) is 24.3 Å². The number of aryl methyl sites for hydroxylation is 1. The number of nitrogens with zero attached hydrogens (tertiary/aromatic N) is 2. The summed E-state index contributed by atoms with van der Waals surface area (Å²) in [6.45, 7) is 1.82. The largest absolute Gasteiger partial charge is 0.327 e. The third-order valence-electron chi connectivity index (χ3n) is 3.76. The van der Waals surface area contributed by atoms with E-state index in [2.05, 4.69) is 5.32 Å². The minimum atomic E-state index is -0.581. The van der Waals surface area contributed by atoms with Crippen molar-refractivity contribution < 1.29 is 9.72 Å². The van der Waals surface area contributed by atoms with Crippen LogP contribution in [0.2, 0.25) is 10.0 Å². The lowest BCUT2D eigenvalue weighted by molar-refractivity contribution is -0.384. The molecule has 9 heteroatoms. The smallest absolute Gasteiger partial charge is 0.288 e. The van der Waals surface area contributed by atoms with Gasteiger partial charge in [0.2, 0.25) is 0 Å². The van der Waals surface area contributed by atoms with Crippen LogP contribution in [0.5, 0.6) is 0 Å². The molecule has 6 nitrogen and oxygen atoms in total. The highest BCUT2D eigenvalue weighted by Gasteiger charge is 2.33. The quantitative estimate of drug-likeness (QED) is 0.351. The monoisotopic (exact) mass is 407 g/mol. The second kappa shape index (κ2) is 7.03. The summed E-state index contributed by atoms with van der Waals surface area (Å²) < 4.78 is 0. The molecule has 0 saturated carbocycles. The number of anilines is 1. The van der Waals surface area contributed by atoms with Crippen molar-refractivity contribution in [1.82, 2.24) is 5.32 Å². The Kier molecular flexibility index (Phi) is 4.95. The second-order valence-electron chi connectivity index (χ2n) is 5.53. The van der Waals surface area contributed by atoms with Gasteiger partial charge in [0.1, 0.15) is 10.7 Å². The number of carbonyl (C=O) groups is 1. The minimum absolute atomic E-state index is 0.0248.